The molecule has 0 aromatic heterocycles. The molecule has 30 heavy (non-hydrogen) atoms. The highest BCUT2D eigenvalue weighted by molar-refractivity contribution is 7.91. The van der Waals surface area contributed by atoms with Gasteiger partial charge in [0.25, 0.3) is 5.69 Å². The van der Waals surface area contributed by atoms with E-state index >= 15 is 0 Å². The predicted molar refractivity (Wildman–Crippen MR) is 112 cm³/mol. The zero-order chi connectivity index (χ0) is 21.7. The molecule has 0 aliphatic rings. The van der Waals surface area contributed by atoms with E-state index in [-0.39, 0.29) is 16.5 Å². The Balaban J connectivity index is 2.18. The van der Waals surface area contributed by atoms with Crippen molar-refractivity contribution in [2.45, 2.75) is 23.1 Å². The summed E-state index contributed by atoms with van der Waals surface area (Å²) in [6.45, 7) is 1.33. The SMILES string of the molecule is CC(=O)N[C@@H](c1ccccc1)[C@@H](c1ccccc1)S(=O)(=O)c1ccc([N+](=O)[O-])cc1. The highest BCUT2D eigenvalue weighted by Gasteiger charge is 2.37. The summed E-state index contributed by atoms with van der Waals surface area (Å²) in [6, 6.07) is 21.3. The first-order valence-electron chi connectivity index (χ1n) is 9.16. The van der Waals surface area contributed by atoms with Crippen molar-refractivity contribution in [2.75, 3.05) is 0 Å². The number of sulfone groups is 1. The van der Waals surface area contributed by atoms with Crippen molar-refractivity contribution in [1.29, 1.82) is 0 Å². The van der Waals surface area contributed by atoms with Gasteiger partial charge in [0, 0.05) is 19.1 Å². The molecule has 0 saturated carbocycles. The van der Waals surface area contributed by atoms with Crippen LogP contribution in [-0.4, -0.2) is 19.2 Å². The van der Waals surface area contributed by atoms with E-state index in [1.807, 2.05) is 0 Å². The molecule has 3 aromatic rings. The van der Waals surface area contributed by atoms with Gasteiger partial charge in [0.2, 0.25) is 5.91 Å². The number of hydrogen-bond donors (Lipinski definition) is 1. The quantitative estimate of drug-likeness (QED) is 0.456. The van der Waals surface area contributed by atoms with Crippen molar-refractivity contribution >= 4 is 21.4 Å². The predicted octanol–water partition coefficient (Wildman–Crippen LogP) is 3.99. The second-order valence-electron chi connectivity index (χ2n) is 6.72. The number of amides is 1. The maximum atomic E-state index is 13.7. The number of non-ortho nitro benzene ring substituents is 1. The lowest BCUT2D eigenvalue weighted by molar-refractivity contribution is -0.384. The van der Waals surface area contributed by atoms with Crippen LogP contribution in [0.15, 0.2) is 89.8 Å². The van der Waals surface area contributed by atoms with Crippen LogP contribution in [0.1, 0.15) is 29.3 Å². The van der Waals surface area contributed by atoms with Crippen molar-refractivity contribution < 1.29 is 18.1 Å². The summed E-state index contributed by atoms with van der Waals surface area (Å²) >= 11 is 0. The van der Waals surface area contributed by atoms with Crippen LogP contribution >= 0.6 is 0 Å². The number of rotatable bonds is 7. The van der Waals surface area contributed by atoms with Crippen LogP contribution in [0.3, 0.4) is 0 Å². The fraction of sp³-hybridized carbons (Fsp3) is 0.136. The standard InChI is InChI=1S/C22H20N2O5S/c1-16(25)23-21(17-8-4-2-5-9-17)22(18-10-6-3-7-11-18)30(28,29)20-14-12-19(13-15-20)24(26)27/h2-15,21-22H,1H3,(H,23,25)/t21-,22+/m0/s1. The third kappa shape index (κ3) is 4.55. The van der Waals surface area contributed by atoms with Crippen LogP contribution in [0.25, 0.3) is 0 Å². The number of carbonyl (C=O) groups is 1. The molecule has 7 nitrogen and oxygen atoms in total. The molecule has 1 amide bonds. The Morgan fingerprint density at radius 3 is 1.83 bits per heavy atom. The molecule has 0 aliphatic carbocycles. The lowest BCUT2D eigenvalue weighted by atomic mass is 9.98. The van der Waals surface area contributed by atoms with Gasteiger partial charge in [-0.25, -0.2) is 8.42 Å². The number of hydrogen-bond acceptors (Lipinski definition) is 5. The highest BCUT2D eigenvalue weighted by Crippen LogP contribution is 2.39. The normalized spacial score (nSPS) is 13.2. The third-order valence-electron chi connectivity index (χ3n) is 4.66. The van der Waals surface area contributed by atoms with E-state index in [1.165, 1.54) is 19.1 Å². The molecule has 3 rings (SSSR count). The Morgan fingerprint density at radius 1 is 0.867 bits per heavy atom. The van der Waals surface area contributed by atoms with Crippen molar-refractivity contribution in [2.24, 2.45) is 0 Å². The first kappa shape index (κ1) is 21.2. The number of nitrogens with zero attached hydrogens (tertiary/aromatic N) is 1. The van der Waals surface area contributed by atoms with E-state index in [4.69, 9.17) is 0 Å². The topological polar surface area (TPSA) is 106 Å². The van der Waals surface area contributed by atoms with Gasteiger partial charge in [0.15, 0.2) is 9.84 Å². The smallest absolute Gasteiger partial charge is 0.269 e. The van der Waals surface area contributed by atoms with Gasteiger partial charge in [0.05, 0.1) is 15.9 Å². The van der Waals surface area contributed by atoms with Crippen LogP contribution in [0.4, 0.5) is 5.69 Å². The summed E-state index contributed by atoms with van der Waals surface area (Å²) in [5, 5.41) is 12.6. The first-order valence-corrected chi connectivity index (χ1v) is 10.7. The average molecular weight is 424 g/mol. The van der Waals surface area contributed by atoms with Gasteiger partial charge in [-0.3, -0.25) is 14.9 Å². The summed E-state index contributed by atoms with van der Waals surface area (Å²) in [5.41, 5.74) is 0.928. The molecule has 0 fully saturated rings. The Labute approximate surface area is 174 Å². The molecule has 154 valence electrons. The zero-order valence-electron chi connectivity index (χ0n) is 16.1. The fourth-order valence-electron chi connectivity index (χ4n) is 3.31. The van der Waals surface area contributed by atoms with Crippen LogP contribution < -0.4 is 5.32 Å². The molecule has 0 radical (unpaired) electrons. The number of carbonyl (C=O) groups excluding carboxylic acids is 1. The van der Waals surface area contributed by atoms with E-state index in [2.05, 4.69) is 5.32 Å². The maximum absolute atomic E-state index is 13.7. The Bertz CT molecular complexity index is 1130. The van der Waals surface area contributed by atoms with Gasteiger partial charge in [-0.2, -0.15) is 0 Å². The first-order chi connectivity index (χ1) is 14.3. The lowest BCUT2D eigenvalue weighted by Gasteiger charge is -2.28. The van der Waals surface area contributed by atoms with Crippen LogP contribution in [0, 0.1) is 10.1 Å². The molecule has 0 heterocycles. The van der Waals surface area contributed by atoms with E-state index in [0.717, 1.165) is 12.1 Å². The van der Waals surface area contributed by atoms with Crippen LogP contribution in [0.5, 0.6) is 0 Å². The van der Waals surface area contributed by atoms with Gasteiger partial charge < -0.3 is 5.32 Å². The van der Waals surface area contributed by atoms with Gasteiger partial charge in [-0.15, -0.1) is 0 Å². The molecule has 0 spiro atoms. The summed E-state index contributed by atoms with van der Waals surface area (Å²) < 4.78 is 27.4. The van der Waals surface area contributed by atoms with Crippen molar-refractivity contribution in [3.63, 3.8) is 0 Å². The van der Waals surface area contributed by atoms with E-state index in [1.54, 1.807) is 60.7 Å². The Morgan fingerprint density at radius 2 is 1.37 bits per heavy atom. The molecule has 2 atom stereocenters. The Kier molecular flexibility index (Phi) is 6.27. The summed E-state index contributed by atoms with van der Waals surface area (Å²) in [4.78, 5) is 22.3. The summed E-state index contributed by atoms with van der Waals surface area (Å²) in [6.07, 6.45) is 0. The molecule has 1 N–H and O–H groups in total. The van der Waals surface area contributed by atoms with Gasteiger partial charge in [-0.1, -0.05) is 60.7 Å². The minimum absolute atomic E-state index is 0.0618. The average Bonchev–Trinajstić information content (AvgIpc) is 2.74. The highest BCUT2D eigenvalue weighted by atomic mass is 32.2. The Hall–Kier alpha value is -3.52. The molecule has 8 heteroatoms. The number of benzene rings is 3. The summed E-state index contributed by atoms with van der Waals surface area (Å²) in [7, 11) is -4.03. The molecule has 0 saturated heterocycles. The van der Waals surface area contributed by atoms with Gasteiger partial charge >= 0.3 is 0 Å². The minimum atomic E-state index is -4.03. The molecule has 0 bridgehead atoms. The molecule has 0 aliphatic heterocycles. The number of nitro groups is 1. The fourth-order valence-corrected chi connectivity index (χ4v) is 5.22. The molecular weight excluding hydrogens is 404 g/mol. The van der Waals surface area contributed by atoms with Crippen molar-refractivity contribution in [3.8, 4) is 0 Å². The van der Waals surface area contributed by atoms with Crippen LogP contribution in [-0.2, 0) is 14.6 Å². The molecule has 0 unspecified atom stereocenters. The van der Waals surface area contributed by atoms with E-state index in [0.29, 0.717) is 11.1 Å². The van der Waals surface area contributed by atoms with Gasteiger partial charge in [-0.05, 0) is 23.3 Å². The summed E-state index contributed by atoms with van der Waals surface area (Å²) in [5.74, 6) is -0.372. The minimum Gasteiger partial charge on any atom is -0.348 e. The lowest BCUT2D eigenvalue weighted by Crippen LogP contribution is -2.34. The monoisotopic (exact) mass is 424 g/mol. The maximum Gasteiger partial charge on any atom is 0.269 e. The number of nitrogens with one attached hydrogen (secondary N) is 1. The third-order valence-corrected chi connectivity index (χ3v) is 6.80. The molecular formula is C22H20N2O5S. The van der Waals surface area contributed by atoms with Gasteiger partial charge in [0.1, 0.15) is 5.25 Å². The second-order valence-corrected chi connectivity index (χ2v) is 8.79. The van der Waals surface area contributed by atoms with Crippen LogP contribution in [0.2, 0.25) is 0 Å². The second kappa shape index (κ2) is 8.87. The van der Waals surface area contributed by atoms with E-state index < -0.39 is 26.1 Å². The molecule has 3 aromatic carbocycles. The van der Waals surface area contributed by atoms with Crippen molar-refractivity contribution in [1.82, 2.24) is 5.32 Å². The number of nitro benzene ring substituents is 1. The zero-order valence-corrected chi connectivity index (χ0v) is 17.0. The van der Waals surface area contributed by atoms with E-state index in [9.17, 15) is 23.3 Å². The largest absolute Gasteiger partial charge is 0.348 e. The van der Waals surface area contributed by atoms with Crippen molar-refractivity contribution in [3.05, 3.63) is 106 Å².